The summed E-state index contributed by atoms with van der Waals surface area (Å²) in [5.41, 5.74) is 4.69. The van der Waals surface area contributed by atoms with E-state index in [9.17, 15) is 4.79 Å². The van der Waals surface area contributed by atoms with Crippen LogP contribution in [0.2, 0.25) is 0 Å². The number of hydrogen-bond donors (Lipinski definition) is 0. The Hall–Kier alpha value is -2.47. The quantitative estimate of drug-likeness (QED) is 0.727. The van der Waals surface area contributed by atoms with Crippen molar-refractivity contribution in [3.63, 3.8) is 0 Å². The molecule has 0 atom stereocenters. The summed E-state index contributed by atoms with van der Waals surface area (Å²) in [6, 6.07) is 7.45. The van der Waals surface area contributed by atoms with E-state index >= 15 is 0 Å². The van der Waals surface area contributed by atoms with E-state index < -0.39 is 0 Å². The number of benzene rings is 1. The third-order valence-electron chi connectivity index (χ3n) is 4.86. The van der Waals surface area contributed by atoms with Gasteiger partial charge in [-0.3, -0.25) is 0 Å². The molecule has 0 saturated carbocycles. The largest absolute Gasteiger partial charge is 0.465 e. The van der Waals surface area contributed by atoms with E-state index in [-0.39, 0.29) is 5.97 Å². The van der Waals surface area contributed by atoms with E-state index in [4.69, 9.17) is 19.4 Å². The number of esters is 1. The molecule has 144 valence electrons. The first-order chi connectivity index (χ1) is 13.1. The average Bonchev–Trinajstić information content (AvgIpc) is 2.72. The van der Waals surface area contributed by atoms with Gasteiger partial charge in [0.25, 0.3) is 0 Å². The minimum atomic E-state index is -0.333. The molecule has 1 aliphatic rings. The molecule has 1 saturated heterocycles. The van der Waals surface area contributed by atoms with Gasteiger partial charge in [-0.05, 0) is 37.5 Å². The van der Waals surface area contributed by atoms with Gasteiger partial charge in [-0.1, -0.05) is 25.5 Å². The molecule has 0 amide bonds. The van der Waals surface area contributed by atoms with Crippen LogP contribution in [0.1, 0.15) is 41.4 Å². The van der Waals surface area contributed by atoms with Gasteiger partial charge in [0, 0.05) is 24.3 Å². The first-order valence-electron chi connectivity index (χ1n) is 9.53. The Balaban J connectivity index is 2.01. The number of aryl methyl sites for hydroxylation is 1. The molecular weight excluding hydrogens is 342 g/mol. The number of aromatic nitrogens is 2. The normalized spacial score (nSPS) is 14.3. The fourth-order valence-corrected chi connectivity index (χ4v) is 3.26. The summed E-state index contributed by atoms with van der Waals surface area (Å²) in [6.45, 7) is 7.24. The lowest BCUT2D eigenvalue weighted by Crippen LogP contribution is -2.37. The molecular formula is C21H27N3O3. The number of hydrogen-bond acceptors (Lipinski definition) is 6. The standard InChI is InChI=1S/C21H27N3O3/c1-4-5-6-18-15(2)22-21(24-11-13-27-14-12-24)23-19(18)16-7-9-17(10-8-16)20(25)26-3/h7-10H,4-6,11-14H2,1-3H3. The summed E-state index contributed by atoms with van der Waals surface area (Å²) in [6.07, 6.45) is 3.15. The molecule has 2 aromatic rings. The van der Waals surface area contributed by atoms with Crippen LogP contribution in [0.4, 0.5) is 5.95 Å². The zero-order valence-electron chi connectivity index (χ0n) is 16.3. The molecule has 0 radical (unpaired) electrons. The lowest BCUT2D eigenvalue weighted by atomic mass is 9.99. The average molecular weight is 369 g/mol. The lowest BCUT2D eigenvalue weighted by molar-refractivity contribution is 0.0600. The van der Waals surface area contributed by atoms with Crippen molar-refractivity contribution >= 4 is 11.9 Å². The second-order valence-corrected chi connectivity index (χ2v) is 6.71. The molecule has 0 spiro atoms. The molecule has 0 unspecified atom stereocenters. The Morgan fingerprint density at radius 3 is 2.52 bits per heavy atom. The highest BCUT2D eigenvalue weighted by Crippen LogP contribution is 2.28. The number of rotatable bonds is 6. The monoisotopic (exact) mass is 369 g/mol. The second kappa shape index (κ2) is 8.95. The predicted molar refractivity (Wildman–Crippen MR) is 105 cm³/mol. The Bertz CT molecular complexity index is 784. The third-order valence-corrected chi connectivity index (χ3v) is 4.86. The summed E-state index contributed by atoms with van der Waals surface area (Å²) in [5.74, 6) is 0.420. The molecule has 6 nitrogen and oxygen atoms in total. The van der Waals surface area contributed by atoms with Crippen molar-refractivity contribution < 1.29 is 14.3 Å². The highest BCUT2D eigenvalue weighted by atomic mass is 16.5. The number of ether oxygens (including phenoxy) is 2. The van der Waals surface area contributed by atoms with Crippen LogP contribution in [-0.4, -0.2) is 49.4 Å². The molecule has 0 bridgehead atoms. The van der Waals surface area contributed by atoms with Crippen LogP contribution in [0.25, 0.3) is 11.3 Å². The molecule has 0 aliphatic carbocycles. The summed E-state index contributed by atoms with van der Waals surface area (Å²) in [5, 5.41) is 0. The third kappa shape index (κ3) is 4.45. The maximum Gasteiger partial charge on any atom is 0.337 e. The van der Waals surface area contributed by atoms with Crippen LogP contribution in [0.5, 0.6) is 0 Å². The predicted octanol–water partition coefficient (Wildman–Crippen LogP) is 3.42. The summed E-state index contributed by atoms with van der Waals surface area (Å²) < 4.78 is 10.2. The molecule has 6 heteroatoms. The van der Waals surface area contributed by atoms with Gasteiger partial charge in [0.05, 0.1) is 31.6 Å². The van der Waals surface area contributed by atoms with E-state index in [0.29, 0.717) is 18.8 Å². The van der Waals surface area contributed by atoms with E-state index in [1.807, 2.05) is 12.1 Å². The maximum atomic E-state index is 11.7. The highest BCUT2D eigenvalue weighted by molar-refractivity contribution is 5.90. The van der Waals surface area contributed by atoms with E-state index in [0.717, 1.165) is 55.3 Å². The van der Waals surface area contributed by atoms with Crippen molar-refractivity contribution in [3.8, 4) is 11.3 Å². The van der Waals surface area contributed by atoms with Crippen molar-refractivity contribution in [1.29, 1.82) is 0 Å². The van der Waals surface area contributed by atoms with Crippen LogP contribution < -0.4 is 4.90 Å². The van der Waals surface area contributed by atoms with Crippen molar-refractivity contribution in [1.82, 2.24) is 9.97 Å². The van der Waals surface area contributed by atoms with Crippen LogP contribution >= 0.6 is 0 Å². The summed E-state index contributed by atoms with van der Waals surface area (Å²) >= 11 is 0. The Labute approximate surface area is 160 Å². The molecule has 27 heavy (non-hydrogen) atoms. The lowest BCUT2D eigenvalue weighted by Gasteiger charge is -2.28. The highest BCUT2D eigenvalue weighted by Gasteiger charge is 2.19. The Morgan fingerprint density at radius 2 is 1.89 bits per heavy atom. The zero-order valence-corrected chi connectivity index (χ0v) is 16.3. The van der Waals surface area contributed by atoms with Crippen molar-refractivity contribution in [2.45, 2.75) is 33.1 Å². The van der Waals surface area contributed by atoms with Crippen LogP contribution in [0.3, 0.4) is 0 Å². The fourth-order valence-electron chi connectivity index (χ4n) is 3.26. The van der Waals surface area contributed by atoms with Gasteiger partial charge in [0.15, 0.2) is 0 Å². The van der Waals surface area contributed by atoms with Crippen molar-refractivity contribution in [3.05, 3.63) is 41.1 Å². The molecule has 1 fully saturated rings. The van der Waals surface area contributed by atoms with Gasteiger partial charge in [-0.2, -0.15) is 0 Å². The number of morpholine rings is 1. The van der Waals surface area contributed by atoms with E-state index in [1.54, 1.807) is 12.1 Å². The Kier molecular flexibility index (Phi) is 6.40. The molecule has 1 aromatic carbocycles. The topological polar surface area (TPSA) is 64.5 Å². The van der Waals surface area contributed by atoms with Gasteiger partial charge >= 0.3 is 5.97 Å². The van der Waals surface area contributed by atoms with Gasteiger partial charge in [0.2, 0.25) is 5.95 Å². The van der Waals surface area contributed by atoms with Crippen molar-refractivity contribution in [2.75, 3.05) is 38.3 Å². The van der Waals surface area contributed by atoms with Gasteiger partial charge in [-0.25, -0.2) is 14.8 Å². The number of unbranched alkanes of at least 4 members (excludes halogenated alkanes) is 1. The van der Waals surface area contributed by atoms with Gasteiger partial charge in [0.1, 0.15) is 0 Å². The summed E-state index contributed by atoms with van der Waals surface area (Å²) in [4.78, 5) is 23.6. The van der Waals surface area contributed by atoms with E-state index in [1.165, 1.54) is 12.7 Å². The van der Waals surface area contributed by atoms with Crippen LogP contribution in [-0.2, 0) is 15.9 Å². The number of nitrogens with zero attached hydrogens (tertiary/aromatic N) is 3. The van der Waals surface area contributed by atoms with Gasteiger partial charge in [-0.15, -0.1) is 0 Å². The van der Waals surface area contributed by atoms with E-state index in [2.05, 4.69) is 18.7 Å². The first kappa shape index (κ1) is 19.3. The summed E-state index contributed by atoms with van der Waals surface area (Å²) in [7, 11) is 1.39. The van der Waals surface area contributed by atoms with Crippen LogP contribution in [0.15, 0.2) is 24.3 Å². The maximum absolute atomic E-state index is 11.7. The fraction of sp³-hybridized carbons (Fsp3) is 0.476. The minimum Gasteiger partial charge on any atom is -0.465 e. The molecule has 2 heterocycles. The smallest absolute Gasteiger partial charge is 0.337 e. The zero-order chi connectivity index (χ0) is 19.2. The van der Waals surface area contributed by atoms with Crippen molar-refractivity contribution in [2.24, 2.45) is 0 Å². The number of carbonyl (C=O) groups is 1. The minimum absolute atomic E-state index is 0.333. The SMILES string of the molecule is CCCCc1c(C)nc(N2CCOCC2)nc1-c1ccc(C(=O)OC)cc1. The molecule has 0 N–H and O–H groups in total. The Morgan fingerprint density at radius 1 is 1.19 bits per heavy atom. The molecule has 1 aromatic heterocycles. The number of carbonyl (C=O) groups excluding carboxylic acids is 1. The first-order valence-corrected chi connectivity index (χ1v) is 9.53. The molecule has 3 rings (SSSR count). The number of anilines is 1. The molecule has 1 aliphatic heterocycles. The van der Waals surface area contributed by atoms with Crippen LogP contribution in [0, 0.1) is 6.92 Å². The number of methoxy groups -OCH3 is 1. The van der Waals surface area contributed by atoms with Gasteiger partial charge < -0.3 is 14.4 Å². The second-order valence-electron chi connectivity index (χ2n) is 6.71.